The normalized spacial score (nSPS) is 15.2. The second-order valence-electron chi connectivity index (χ2n) is 4.47. The maximum absolute atomic E-state index is 10.1. The number of aromatic nitrogens is 2. The first-order valence-electron chi connectivity index (χ1n) is 6.50. The SMILES string of the molecule is CCC(CC)C(O)C(O)Cc1nccn1CC. The first-order chi connectivity index (χ1) is 8.13. The molecule has 0 aliphatic heterocycles. The molecule has 1 aromatic heterocycles. The van der Waals surface area contributed by atoms with E-state index >= 15 is 0 Å². The van der Waals surface area contributed by atoms with Gasteiger partial charge in [-0.25, -0.2) is 4.98 Å². The van der Waals surface area contributed by atoms with Crippen molar-refractivity contribution >= 4 is 0 Å². The van der Waals surface area contributed by atoms with E-state index in [1.165, 1.54) is 0 Å². The summed E-state index contributed by atoms with van der Waals surface area (Å²) < 4.78 is 1.99. The number of rotatable bonds is 7. The topological polar surface area (TPSA) is 58.3 Å². The van der Waals surface area contributed by atoms with Crippen LogP contribution in [0.5, 0.6) is 0 Å². The van der Waals surface area contributed by atoms with Gasteiger partial charge in [0.2, 0.25) is 0 Å². The molecule has 0 fully saturated rings. The highest BCUT2D eigenvalue weighted by Gasteiger charge is 2.25. The number of aliphatic hydroxyl groups excluding tert-OH is 2. The minimum absolute atomic E-state index is 0.162. The molecule has 4 heteroatoms. The van der Waals surface area contributed by atoms with Gasteiger partial charge in [0.25, 0.3) is 0 Å². The number of aryl methyl sites for hydroxylation is 1. The van der Waals surface area contributed by atoms with E-state index in [9.17, 15) is 10.2 Å². The molecule has 0 saturated heterocycles. The number of aliphatic hydroxyl groups is 2. The summed E-state index contributed by atoms with van der Waals surface area (Å²) in [7, 11) is 0. The number of imidazole rings is 1. The lowest BCUT2D eigenvalue weighted by atomic mass is 9.91. The monoisotopic (exact) mass is 240 g/mol. The lowest BCUT2D eigenvalue weighted by molar-refractivity contribution is -0.0200. The second-order valence-corrected chi connectivity index (χ2v) is 4.47. The predicted octanol–water partition coefficient (Wildman–Crippen LogP) is 1.60. The van der Waals surface area contributed by atoms with Crippen LogP contribution in [0.25, 0.3) is 0 Å². The quantitative estimate of drug-likeness (QED) is 0.761. The summed E-state index contributed by atoms with van der Waals surface area (Å²) in [5, 5.41) is 20.1. The molecule has 2 unspecified atom stereocenters. The third-order valence-electron chi connectivity index (χ3n) is 3.46. The van der Waals surface area contributed by atoms with Crippen LogP contribution in [0.2, 0.25) is 0 Å². The maximum Gasteiger partial charge on any atom is 0.111 e. The van der Waals surface area contributed by atoms with Crippen molar-refractivity contribution in [3.63, 3.8) is 0 Å². The van der Waals surface area contributed by atoms with Crippen molar-refractivity contribution < 1.29 is 10.2 Å². The Labute approximate surface area is 103 Å². The van der Waals surface area contributed by atoms with E-state index in [0.29, 0.717) is 6.42 Å². The van der Waals surface area contributed by atoms with Crippen LogP contribution in [0.4, 0.5) is 0 Å². The fraction of sp³-hybridized carbons (Fsp3) is 0.769. The molecule has 1 aromatic rings. The van der Waals surface area contributed by atoms with Gasteiger partial charge in [-0.2, -0.15) is 0 Å². The van der Waals surface area contributed by atoms with E-state index in [0.717, 1.165) is 25.2 Å². The van der Waals surface area contributed by atoms with Gasteiger partial charge in [0.15, 0.2) is 0 Å². The van der Waals surface area contributed by atoms with Crippen LogP contribution < -0.4 is 0 Å². The van der Waals surface area contributed by atoms with Crippen LogP contribution in [-0.2, 0) is 13.0 Å². The molecular weight excluding hydrogens is 216 g/mol. The zero-order valence-electron chi connectivity index (χ0n) is 11.0. The van der Waals surface area contributed by atoms with Crippen molar-refractivity contribution in [1.29, 1.82) is 0 Å². The van der Waals surface area contributed by atoms with Crippen LogP contribution in [0.1, 0.15) is 39.4 Å². The Kier molecular flexibility index (Phi) is 5.65. The molecule has 0 amide bonds. The summed E-state index contributed by atoms with van der Waals surface area (Å²) in [6, 6.07) is 0. The molecule has 17 heavy (non-hydrogen) atoms. The summed E-state index contributed by atoms with van der Waals surface area (Å²) in [4.78, 5) is 4.21. The van der Waals surface area contributed by atoms with Crippen molar-refractivity contribution in [3.05, 3.63) is 18.2 Å². The Balaban J connectivity index is 2.62. The number of nitrogens with zero attached hydrogens (tertiary/aromatic N) is 2. The highest BCUT2D eigenvalue weighted by molar-refractivity contribution is 4.95. The molecule has 98 valence electrons. The van der Waals surface area contributed by atoms with Crippen LogP contribution in [0.15, 0.2) is 12.4 Å². The van der Waals surface area contributed by atoms with Gasteiger partial charge in [0, 0.05) is 25.4 Å². The molecular formula is C13H24N2O2. The van der Waals surface area contributed by atoms with E-state index in [2.05, 4.69) is 4.98 Å². The standard InChI is InChI=1S/C13H24N2O2/c1-4-10(5-2)13(17)11(16)9-12-14-7-8-15(12)6-3/h7-8,10-11,13,16-17H,4-6,9H2,1-3H3. The van der Waals surface area contributed by atoms with Gasteiger partial charge in [-0.1, -0.05) is 26.7 Å². The molecule has 0 aliphatic carbocycles. The molecule has 0 saturated carbocycles. The first kappa shape index (κ1) is 14.2. The van der Waals surface area contributed by atoms with Gasteiger partial charge in [-0.3, -0.25) is 0 Å². The van der Waals surface area contributed by atoms with E-state index in [1.54, 1.807) is 6.20 Å². The number of hydrogen-bond donors (Lipinski definition) is 2. The largest absolute Gasteiger partial charge is 0.390 e. The Morgan fingerprint density at radius 1 is 1.24 bits per heavy atom. The van der Waals surface area contributed by atoms with E-state index < -0.39 is 12.2 Å². The van der Waals surface area contributed by atoms with Crippen LogP contribution in [0.3, 0.4) is 0 Å². The first-order valence-corrected chi connectivity index (χ1v) is 6.50. The molecule has 1 heterocycles. The van der Waals surface area contributed by atoms with Gasteiger partial charge >= 0.3 is 0 Å². The summed E-state index contributed by atoms with van der Waals surface area (Å²) in [6.45, 7) is 6.95. The minimum Gasteiger partial charge on any atom is -0.390 e. The number of hydrogen-bond acceptors (Lipinski definition) is 3. The fourth-order valence-electron chi connectivity index (χ4n) is 2.21. The Morgan fingerprint density at radius 3 is 2.41 bits per heavy atom. The molecule has 2 atom stereocenters. The smallest absolute Gasteiger partial charge is 0.111 e. The maximum atomic E-state index is 10.1. The summed E-state index contributed by atoms with van der Waals surface area (Å²) in [5.74, 6) is 1.00. The average Bonchev–Trinajstić information content (AvgIpc) is 2.77. The second kappa shape index (κ2) is 6.77. The molecule has 4 nitrogen and oxygen atoms in total. The molecule has 1 rings (SSSR count). The van der Waals surface area contributed by atoms with Crippen LogP contribution in [0, 0.1) is 5.92 Å². The molecule has 0 aromatic carbocycles. The third kappa shape index (κ3) is 3.54. The predicted molar refractivity (Wildman–Crippen MR) is 67.7 cm³/mol. The molecule has 0 bridgehead atoms. The van der Waals surface area contributed by atoms with Crippen molar-refractivity contribution in [3.8, 4) is 0 Å². The van der Waals surface area contributed by atoms with Gasteiger partial charge < -0.3 is 14.8 Å². The van der Waals surface area contributed by atoms with Crippen molar-refractivity contribution in [2.75, 3.05) is 0 Å². The Bertz CT molecular complexity index is 321. The lowest BCUT2D eigenvalue weighted by Gasteiger charge is -2.25. The van der Waals surface area contributed by atoms with Crippen LogP contribution >= 0.6 is 0 Å². The highest BCUT2D eigenvalue weighted by Crippen LogP contribution is 2.18. The molecule has 0 spiro atoms. The zero-order chi connectivity index (χ0) is 12.8. The van der Waals surface area contributed by atoms with Crippen LogP contribution in [-0.4, -0.2) is 32.0 Å². The lowest BCUT2D eigenvalue weighted by Crippen LogP contribution is -2.35. The third-order valence-corrected chi connectivity index (χ3v) is 3.46. The zero-order valence-corrected chi connectivity index (χ0v) is 11.0. The average molecular weight is 240 g/mol. The van der Waals surface area contributed by atoms with E-state index in [4.69, 9.17) is 0 Å². The summed E-state index contributed by atoms with van der Waals surface area (Å²) >= 11 is 0. The van der Waals surface area contributed by atoms with Crippen molar-refractivity contribution in [1.82, 2.24) is 9.55 Å². The Morgan fingerprint density at radius 2 is 1.88 bits per heavy atom. The molecule has 0 aliphatic rings. The van der Waals surface area contributed by atoms with Gasteiger partial charge in [0.05, 0.1) is 12.2 Å². The van der Waals surface area contributed by atoms with Gasteiger partial charge in [-0.15, -0.1) is 0 Å². The van der Waals surface area contributed by atoms with E-state index in [1.807, 2.05) is 31.5 Å². The van der Waals surface area contributed by atoms with Gasteiger partial charge in [-0.05, 0) is 12.8 Å². The van der Waals surface area contributed by atoms with Crippen molar-refractivity contribution in [2.24, 2.45) is 5.92 Å². The molecule has 2 N–H and O–H groups in total. The fourth-order valence-corrected chi connectivity index (χ4v) is 2.21. The summed E-state index contributed by atoms with van der Waals surface area (Å²) in [5.41, 5.74) is 0. The highest BCUT2D eigenvalue weighted by atomic mass is 16.3. The summed E-state index contributed by atoms with van der Waals surface area (Å²) in [6.07, 6.45) is 4.42. The Hall–Kier alpha value is -0.870. The minimum atomic E-state index is -0.729. The van der Waals surface area contributed by atoms with Gasteiger partial charge in [0.1, 0.15) is 5.82 Å². The van der Waals surface area contributed by atoms with E-state index in [-0.39, 0.29) is 5.92 Å². The molecule has 0 radical (unpaired) electrons. The van der Waals surface area contributed by atoms with Crippen molar-refractivity contribution in [2.45, 2.75) is 58.8 Å².